The van der Waals surface area contributed by atoms with Gasteiger partial charge in [-0.25, -0.2) is 0 Å². The monoisotopic (exact) mass is 262 g/mol. The van der Waals surface area contributed by atoms with Crippen LogP contribution in [0.4, 0.5) is 5.69 Å². The van der Waals surface area contributed by atoms with Gasteiger partial charge in [-0.05, 0) is 19.4 Å². The zero-order valence-electron chi connectivity index (χ0n) is 11.1. The van der Waals surface area contributed by atoms with Gasteiger partial charge in [-0.15, -0.1) is 0 Å². The van der Waals surface area contributed by atoms with Crippen molar-refractivity contribution in [1.29, 1.82) is 0 Å². The number of carbonyl (C=O) groups is 2. The highest BCUT2D eigenvalue weighted by atomic mass is 16.2. The van der Waals surface area contributed by atoms with Crippen LogP contribution in [-0.4, -0.2) is 40.8 Å². The van der Waals surface area contributed by atoms with Crippen LogP contribution in [0.15, 0.2) is 12.3 Å². The van der Waals surface area contributed by atoms with Gasteiger partial charge in [0.1, 0.15) is 6.04 Å². The Hall–Kier alpha value is -2.11. The second-order valence-corrected chi connectivity index (χ2v) is 4.62. The number of nitrogens with one attached hydrogen (secondary N) is 1. The van der Waals surface area contributed by atoms with E-state index in [2.05, 4.69) is 10.3 Å². The minimum absolute atomic E-state index is 0.100. The third kappa shape index (κ3) is 2.52. The fourth-order valence-electron chi connectivity index (χ4n) is 2.28. The molecule has 1 aliphatic heterocycles. The molecule has 1 saturated heterocycles. The van der Waals surface area contributed by atoms with Crippen molar-refractivity contribution in [3.63, 3.8) is 0 Å². The predicted molar refractivity (Wildman–Crippen MR) is 71.5 cm³/mol. The number of aryl methyl sites for hydroxylation is 1. The molecule has 102 valence electrons. The minimum Gasteiger partial charge on any atom is -0.397 e. The molecule has 1 unspecified atom stereocenters. The Bertz CT molecular complexity index is 515. The molecule has 0 radical (unpaired) electrons. The third-order valence-corrected chi connectivity index (χ3v) is 3.32. The molecule has 2 rings (SSSR count). The van der Waals surface area contributed by atoms with Gasteiger partial charge in [0.15, 0.2) is 0 Å². The van der Waals surface area contributed by atoms with Gasteiger partial charge in [-0.2, -0.15) is 0 Å². The molecular formula is C13H18N4O2. The first-order valence-electron chi connectivity index (χ1n) is 6.35. The number of aromatic nitrogens is 1. The second-order valence-electron chi connectivity index (χ2n) is 4.62. The van der Waals surface area contributed by atoms with Gasteiger partial charge < -0.3 is 16.0 Å². The summed E-state index contributed by atoms with van der Waals surface area (Å²) in [5, 5.41) is 2.77. The largest absolute Gasteiger partial charge is 0.397 e. The van der Waals surface area contributed by atoms with Gasteiger partial charge in [0.05, 0.1) is 23.1 Å². The van der Waals surface area contributed by atoms with Crippen LogP contribution >= 0.6 is 0 Å². The quantitative estimate of drug-likeness (QED) is 0.803. The number of nitrogens with two attached hydrogens (primary N) is 1. The zero-order chi connectivity index (χ0) is 14.0. The van der Waals surface area contributed by atoms with Crippen LogP contribution < -0.4 is 11.1 Å². The van der Waals surface area contributed by atoms with E-state index in [-0.39, 0.29) is 11.8 Å². The van der Waals surface area contributed by atoms with E-state index >= 15 is 0 Å². The molecular weight excluding hydrogens is 244 g/mol. The molecule has 1 aromatic rings. The van der Waals surface area contributed by atoms with Crippen molar-refractivity contribution in [3.8, 4) is 0 Å². The summed E-state index contributed by atoms with van der Waals surface area (Å²) in [5.74, 6) is -0.282. The number of hydrogen-bond acceptors (Lipinski definition) is 4. The van der Waals surface area contributed by atoms with Crippen molar-refractivity contribution in [2.75, 3.05) is 18.8 Å². The van der Waals surface area contributed by atoms with Crippen LogP contribution in [0, 0.1) is 6.92 Å². The van der Waals surface area contributed by atoms with E-state index in [0.717, 1.165) is 0 Å². The molecule has 1 fully saturated rings. The zero-order valence-corrected chi connectivity index (χ0v) is 11.1. The Balaban J connectivity index is 2.32. The molecule has 0 aromatic carbocycles. The van der Waals surface area contributed by atoms with Gasteiger partial charge in [-0.3, -0.25) is 14.6 Å². The van der Waals surface area contributed by atoms with Crippen molar-refractivity contribution < 1.29 is 9.59 Å². The Morgan fingerprint density at radius 1 is 1.63 bits per heavy atom. The number of nitrogen functional groups attached to an aromatic ring is 1. The summed E-state index contributed by atoms with van der Waals surface area (Å²) in [4.78, 5) is 30.0. The molecule has 2 heterocycles. The molecule has 6 nitrogen and oxygen atoms in total. The molecule has 0 bridgehead atoms. The van der Waals surface area contributed by atoms with Crippen molar-refractivity contribution >= 4 is 17.5 Å². The van der Waals surface area contributed by atoms with Crippen LogP contribution in [0.2, 0.25) is 0 Å². The van der Waals surface area contributed by atoms with Crippen LogP contribution in [-0.2, 0) is 4.79 Å². The predicted octanol–water partition coefficient (Wildman–Crippen LogP) is 0.323. The highest BCUT2D eigenvalue weighted by Crippen LogP contribution is 2.17. The van der Waals surface area contributed by atoms with Crippen LogP contribution in [0.25, 0.3) is 0 Å². The first-order valence-corrected chi connectivity index (χ1v) is 6.35. The first kappa shape index (κ1) is 13.3. The lowest BCUT2D eigenvalue weighted by molar-refractivity contribution is -0.127. The molecule has 0 saturated carbocycles. The maximum atomic E-state index is 12.5. The highest BCUT2D eigenvalue weighted by Gasteiger charge is 2.32. The fraction of sp³-hybridized carbons (Fsp3) is 0.462. The van der Waals surface area contributed by atoms with Gasteiger partial charge in [0.2, 0.25) is 5.91 Å². The normalized spacial score (nSPS) is 19.2. The Labute approximate surface area is 112 Å². The van der Waals surface area contributed by atoms with Gasteiger partial charge in [0, 0.05) is 13.1 Å². The summed E-state index contributed by atoms with van der Waals surface area (Å²) < 4.78 is 0. The summed E-state index contributed by atoms with van der Waals surface area (Å²) in [6.07, 6.45) is 2.11. The molecule has 19 heavy (non-hydrogen) atoms. The van der Waals surface area contributed by atoms with E-state index in [4.69, 9.17) is 5.73 Å². The van der Waals surface area contributed by atoms with Crippen molar-refractivity contribution in [1.82, 2.24) is 15.2 Å². The number of amides is 2. The van der Waals surface area contributed by atoms with Crippen LogP contribution in [0.1, 0.15) is 29.4 Å². The van der Waals surface area contributed by atoms with Gasteiger partial charge in [-0.1, -0.05) is 6.92 Å². The summed E-state index contributed by atoms with van der Waals surface area (Å²) in [6, 6.07) is 1.20. The SMILES string of the molecule is CCC1C(=O)NCCN1C(=O)c1cc(N)cnc1C. The summed E-state index contributed by atoms with van der Waals surface area (Å²) in [6.45, 7) is 4.64. The average Bonchev–Trinajstić information content (AvgIpc) is 2.40. The Morgan fingerprint density at radius 2 is 2.37 bits per heavy atom. The van der Waals surface area contributed by atoms with E-state index in [1.165, 1.54) is 6.20 Å². The van der Waals surface area contributed by atoms with E-state index in [1.807, 2.05) is 6.92 Å². The molecule has 6 heteroatoms. The van der Waals surface area contributed by atoms with Crippen LogP contribution in [0.3, 0.4) is 0 Å². The lowest BCUT2D eigenvalue weighted by Crippen LogP contribution is -2.57. The topological polar surface area (TPSA) is 88.3 Å². The fourth-order valence-corrected chi connectivity index (χ4v) is 2.28. The number of nitrogens with zero attached hydrogens (tertiary/aromatic N) is 2. The van der Waals surface area contributed by atoms with Gasteiger partial charge >= 0.3 is 0 Å². The van der Waals surface area contributed by atoms with E-state index < -0.39 is 6.04 Å². The molecule has 1 atom stereocenters. The first-order chi connectivity index (χ1) is 9.04. The summed E-state index contributed by atoms with van der Waals surface area (Å²) in [5.41, 5.74) is 7.22. The summed E-state index contributed by atoms with van der Waals surface area (Å²) >= 11 is 0. The lowest BCUT2D eigenvalue weighted by Gasteiger charge is -2.34. The van der Waals surface area contributed by atoms with E-state index in [1.54, 1.807) is 17.9 Å². The number of anilines is 1. The van der Waals surface area contributed by atoms with Crippen LogP contribution in [0.5, 0.6) is 0 Å². The van der Waals surface area contributed by atoms with Crippen molar-refractivity contribution in [3.05, 3.63) is 23.5 Å². The minimum atomic E-state index is -0.415. The smallest absolute Gasteiger partial charge is 0.256 e. The Morgan fingerprint density at radius 3 is 3.05 bits per heavy atom. The number of carbonyl (C=O) groups excluding carboxylic acids is 2. The maximum absolute atomic E-state index is 12.5. The second kappa shape index (κ2) is 5.26. The maximum Gasteiger partial charge on any atom is 0.256 e. The molecule has 0 spiro atoms. The number of piperazine rings is 1. The number of rotatable bonds is 2. The summed E-state index contributed by atoms with van der Waals surface area (Å²) in [7, 11) is 0. The molecule has 1 aromatic heterocycles. The van der Waals surface area contributed by atoms with Crippen molar-refractivity contribution in [2.45, 2.75) is 26.3 Å². The van der Waals surface area contributed by atoms with Crippen molar-refractivity contribution in [2.24, 2.45) is 0 Å². The average molecular weight is 262 g/mol. The van der Waals surface area contributed by atoms with E-state index in [0.29, 0.717) is 36.5 Å². The third-order valence-electron chi connectivity index (χ3n) is 3.32. The molecule has 0 aliphatic carbocycles. The van der Waals surface area contributed by atoms with Gasteiger partial charge in [0.25, 0.3) is 5.91 Å². The molecule has 3 N–H and O–H groups in total. The highest BCUT2D eigenvalue weighted by molar-refractivity contribution is 5.99. The van der Waals surface area contributed by atoms with E-state index in [9.17, 15) is 9.59 Å². The number of pyridine rings is 1. The molecule has 1 aliphatic rings. The lowest BCUT2D eigenvalue weighted by atomic mass is 10.1. The Kier molecular flexibility index (Phi) is 3.69. The number of hydrogen-bond donors (Lipinski definition) is 2. The standard InChI is InChI=1S/C13H18N4O2/c1-3-11-12(18)15-4-5-17(11)13(19)10-6-9(14)7-16-8(10)2/h6-7,11H,3-5,14H2,1-2H3,(H,15,18). The molecule has 2 amide bonds.